The summed E-state index contributed by atoms with van der Waals surface area (Å²) < 4.78 is 0. The molecule has 0 aliphatic rings. The van der Waals surface area contributed by atoms with Crippen molar-refractivity contribution >= 4 is 11.9 Å². The van der Waals surface area contributed by atoms with Crippen molar-refractivity contribution in [3.8, 4) is 0 Å². The second-order valence-electron chi connectivity index (χ2n) is 4.56. The number of nitrogens with one attached hydrogen (secondary N) is 1. The Hall–Kier alpha value is -1.32. The van der Waals surface area contributed by atoms with Gasteiger partial charge in [0, 0.05) is 18.9 Å². The standard InChI is InChI=1S/C13H23NO3/c1-10(2)9-11(3)13(17)14-8-6-4-5-7-12(15)16/h11H,1,4-9H2,2-3H3,(H,14,17)(H,15,16). The predicted octanol–water partition coefficient (Wildman–Crippen LogP) is 2.35. The summed E-state index contributed by atoms with van der Waals surface area (Å²) in [6.45, 7) is 8.20. The highest BCUT2D eigenvalue weighted by molar-refractivity contribution is 5.78. The molecule has 0 bridgehead atoms. The van der Waals surface area contributed by atoms with Crippen LogP contribution in [0.4, 0.5) is 0 Å². The number of hydrogen-bond donors (Lipinski definition) is 2. The molecule has 17 heavy (non-hydrogen) atoms. The third-order valence-corrected chi connectivity index (χ3v) is 2.47. The summed E-state index contributed by atoms with van der Waals surface area (Å²) in [6.07, 6.45) is 3.26. The summed E-state index contributed by atoms with van der Waals surface area (Å²) in [6, 6.07) is 0. The van der Waals surface area contributed by atoms with Gasteiger partial charge in [0.25, 0.3) is 0 Å². The molecule has 1 atom stereocenters. The molecule has 0 heterocycles. The van der Waals surface area contributed by atoms with Crippen LogP contribution in [0.5, 0.6) is 0 Å². The third-order valence-electron chi connectivity index (χ3n) is 2.47. The Kier molecular flexibility index (Phi) is 8.11. The number of carboxylic acids is 1. The first-order valence-corrected chi connectivity index (χ1v) is 6.07. The van der Waals surface area contributed by atoms with Crippen LogP contribution in [0, 0.1) is 5.92 Å². The summed E-state index contributed by atoms with van der Waals surface area (Å²) >= 11 is 0. The number of carbonyl (C=O) groups excluding carboxylic acids is 1. The lowest BCUT2D eigenvalue weighted by Crippen LogP contribution is -2.30. The largest absolute Gasteiger partial charge is 0.481 e. The fourth-order valence-electron chi connectivity index (χ4n) is 1.58. The van der Waals surface area contributed by atoms with Gasteiger partial charge in [-0.3, -0.25) is 9.59 Å². The summed E-state index contributed by atoms with van der Waals surface area (Å²) in [5, 5.41) is 11.3. The smallest absolute Gasteiger partial charge is 0.303 e. The number of allylic oxidation sites excluding steroid dienone is 1. The van der Waals surface area contributed by atoms with E-state index in [1.54, 1.807) is 0 Å². The van der Waals surface area contributed by atoms with E-state index >= 15 is 0 Å². The van der Waals surface area contributed by atoms with E-state index in [0.29, 0.717) is 19.4 Å². The summed E-state index contributed by atoms with van der Waals surface area (Å²) in [5.41, 5.74) is 1.01. The van der Waals surface area contributed by atoms with Crippen molar-refractivity contribution in [3.05, 3.63) is 12.2 Å². The predicted molar refractivity (Wildman–Crippen MR) is 67.7 cm³/mol. The molecule has 0 saturated heterocycles. The SMILES string of the molecule is C=C(C)CC(C)C(=O)NCCCCCC(=O)O. The van der Waals surface area contributed by atoms with E-state index in [1.165, 1.54) is 0 Å². The molecule has 0 aromatic heterocycles. The molecule has 4 nitrogen and oxygen atoms in total. The first kappa shape index (κ1) is 15.7. The van der Waals surface area contributed by atoms with Crippen molar-refractivity contribution in [1.82, 2.24) is 5.32 Å². The minimum atomic E-state index is -0.760. The first-order valence-electron chi connectivity index (χ1n) is 6.07. The molecule has 0 aromatic rings. The molecule has 98 valence electrons. The highest BCUT2D eigenvalue weighted by Crippen LogP contribution is 2.08. The van der Waals surface area contributed by atoms with Crippen LogP contribution >= 0.6 is 0 Å². The Morgan fingerprint density at radius 2 is 1.94 bits per heavy atom. The Bertz CT molecular complexity index is 274. The first-order chi connectivity index (χ1) is 7.93. The van der Waals surface area contributed by atoms with Crippen LogP contribution < -0.4 is 5.32 Å². The lowest BCUT2D eigenvalue weighted by molar-refractivity contribution is -0.137. The van der Waals surface area contributed by atoms with Crippen LogP contribution in [0.15, 0.2) is 12.2 Å². The van der Waals surface area contributed by atoms with Gasteiger partial charge in [-0.15, -0.1) is 6.58 Å². The van der Waals surface area contributed by atoms with E-state index in [-0.39, 0.29) is 18.2 Å². The van der Waals surface area contributed by atoms with Crippen LogP contribution in [0.25, 0.3) is 0 Å². The number of hydrogen-bond acceptors (Lipinski definition) is 2. The average molecular weight is 241 g/mol. The van der Waals surface area contributed by atoms with Crippen LogP contribution in [0.2, 0.25) is 0 Å². The molecule has 1 amide bonds. The quantitative estimate of drug-likeness (QED) is 0.481. The Morgan fingerprint density at radius 3 is 2.47 bits per heavy atom. The summed E-state index contributed by atoms with van der Waals surface area (Å²) in [7, 11) is 0. The van der Waals surface area contributed by atoms with E-state index in [2.05, 4.69) is 11.9 Å². The molecule has 1 unspecified atom stereocenters. The number of carbonyl (C=O) groups is 2. The second kappa shape index (κ2) is 8.79. The van der Waals surface area contributed by atoms with Gasteiger partial charge in [-0.25, -0.2) is 0 Å². The van der Waals surface area contributed by atoms with Crippen molar-refractivity contribution in [2.75, 3.05) is 6.54 Å². The van der Waals surface area contributed by atoms with Gasteiger partial charge >= 0.3 is 5.97 Å². The monoisotopic (exact) mass is 241 g/mol. The fourth-order valence-corrected chi connectivity index (χ4v) is 1.58. The zero-order valence-electron chi connectivity index (χ0n) is 10.8. The number of amides is 1. The van der Waals surface area contributed by atoms with Crippen molar-refractivity contribution in [3.63, 3.8) is 0 Å². The van der Waals surface area contributed by atoms with E-state index < -0.39 is 5.97 Å². The lowest BCUT2D eigenvalue weighted by atomic mass is 10.0. The van der Waals surface area contributed by atoms with Crippen molar-refractivity contribution in [2.24, 2.45) is 5.92 Å². The number of unbranched alkanes of at least 4 members (excludes halogenated alkanes) is 2. The normalized spacial score (nSPS) is 11.9. The molecule has 0 spiro atoms. The zero-order chi connectivity index (χ0) is 13.3. The molecule has 0 aliphatic carbocycles. The summed E-state index contributed by atoms with van der Waals surface area (Å²) in [4.78, 5) is 21.8. The molecule has 0 rings (SSSR count). The van der Waals surface area contributed by atoms with E-state index in [0.717, 1.165) is 18.4 Å². The van der Waals surface area contributed by atoms with Gasteiger partial charge in [0.2, 0.25) is 5.91 Å². The Balaban J connectivity index is 3.51. The second-order valence-corrected chi connectivity index (χ2v) is 4.56. The molecule has 0 aromatic carbocycles. The average Bonchev–Trinajstić information content (AvgIpc) is 2.21. The zero-order valence-corrected chi connectivity index (χ0v) is 10.8. The topological polar surface area (TPSA) is 66.4 Å². The van der Waals surface area contributed by atoms with Gasteiger partial charge < -0.3 is 10.4 Å². The van der Waals surface area contributed by atoms with Gasteiger partial charge in [0.1, 0.15) is 0 Å². The maximum absolute atomic E-state index is 11.6. The van der Waals surface area contributed by atoms with Crippen molar-refractivity contribution in [2.45, 2.75) is 46.0 Å². The fraction of sp³-hybridized carbons (Fsp3) is 0.692. The number of rotatable bonds is 9. The van der Waals surface area contributed by atoms with Crippen LogP contribution in [-0.4, -0.2) is 23.5 Å². The molecule has 4 heteroatoms. The lowest BCUT2D eigenvalue weighted by Gasteiger charge is -2.11. The molecule has 2 N–H and O–H groups in total. The highest BCUT2D eigenvalue weighted by Gasteiger charge is 2.11. The highest BCUT2D eigenvalue weighted by atomic mass is 16.4. The summed E-state index contributed by atoms with van der Waals surface area (Å²) in [5.74, 6) is -0.748. The van der Waals surface area contributed by atoms with E-state index in [1.807, 2.05) is 13.8 Å². The Morgan fingerprint density at radius 1 is 1.29 bits per heavy atom. The van der Waals surface area contributed by atoms with Gasteiger partial charge in [0.05, 0.1) is 0 Å². The van der Waals surface area contributed by atoms with Gasteiger partial charge in [-0.1, -0.05) is 18.9 Å². The molecule has 0 aliphatic heterocycles. The molecule has 0 saturated carbocycles. The number of aliphatic carboxylic acids is 1. The third kappa shape index (κ3) is 9.60. The minimum absolute atomic E-state index is 0.0356. The van der Waals surface area contributed by atoms with Crippen LogP contribution in [0.1, 0.15) is 46.0 Å². The van der Waals surface area contributed by atoms with Crippen LogP contribution in [-0.2, 0) is 9.59 Å². The van der Waals surface area contributed by atoms with Crippen LogP contribution in [0.3, 0.4) is 0 Å². The van der Waals surface area contributed by atoms with Crippen molar-refractivity contribution < 1.29 is 14.7 Å². The van der Waals surface area contributed by atoms with E-state index in [9.17, 15) is 9.59 Å². The molecular weight excluding hydrogens is 218 g/mol. The number of carboxylic acid groups (broad SMARTS) is 1. The van der Waals surface area contributed by atoms with Gasteiger partial charge in [-0.2, -0.15) is 0 Å². The maximum atomic E-state index is 11.6. The molecule has 0 radical (unpaired) electrons. The van der Waals surface area contributed by atoms with Gasteiger partial charge in [0.15, 0.2) is 0 Å². The minimum Gasteiger partial charge on any atom is -0.481 e. The van der Waals surface area contributed by atoms with Gasteiger partial charge in [-0.05, 0) is 26.2 Å². The Labute approximate surface area is 103 Å². The van der Waals surface area contributed by atoms with Crippen molar-refractivity contribution in [1.29, 1.82) is 0 Å². The van der Waals surface area contributed by atoms with E-state index in [4.69, 9.17) is 5.11 Å². The molecular formula is C13H23NO3. The maximum Gasteiger partial charge on any atom is 0.303 e. The molecule has 0 fully saturated rings.